The molecule has 126 valence electrons. The van der Waals surface area contributed by atoms with Crippen LogP contribution in [0.2, 0.25) is 0 Å². The number of carbonyl (C=O) groups is 2. The van der Waals surface area contributed by atoms with E-state index in [1.165, 1.54) is 6.20 Å². The van der Waals surface area contributed by atoms with Gasteiger partial charge in [-0.25, -0.2) is 14.6 Å². The van der Waals surface area contributed by atoms with Crippen LogP contribution >= 0.6 is 0 Å². The maximum atomic E-state index is 12.2. The van der Waals surface area contributed by atoms with E-state index in [4.69, 9.17) is 14.6 Å². The molecule has 23 heavy (non-hydrogen) atoms. The molecule has 1 amide bonds. The first kappa shape index (κ1) is 17.1. The van der Waals surface area contributed by atoms with Gasteiger partial charge < -0.3 is 19.5 Å². The van der Waals surface area contributed by atoms with Crippen molar-refractivity contribution < 1.29 is 24.2 Å². The quantitative estimate of drug-likeness (QED) is 0.916. The Morgan fingerprint density at radius 3 is 2.83 bits per heavy atom. The van der Waals surface area contributed by atoms with Crippen LogP contribution in [0.25, 0.3) is 0 Å². The average molecular weight is 322 g/mol. The van der Waals surface area contributed by atoms with Crippen LogP contribution in [0.3, 0.4) is 0 Å². The van der Waals surface area contributed by atoms with Crippen LogP contribution < -0.4 is 4.74 Å². The van der Waals surface area contributed by atoms with Crippen molar-refractivity contribution in [3.63, 3.8) is 0 Å². The lowest BCUT2D eigenvalue weighted by Gasteiger charge is -2.28. The Morgan fingerprint density at radius 1 is 1.43 bits per heavy atom. The van der Waals surface area contributed by atoms with Gasteiger partial charge in [-0.05, 0) is 45.7 Å². The van der Waals surface area contributed by atoms with Crippen molar-refractivity contribution in [2.45, 2.75) is 45.3 Å². The molecular weight excluding hydrogens is 300 g/mol. The van der Waals surface area contributed by atoms with Gasteiger partial charge in [0.05, 0.1) is 6.04 Å². The number of ether oxygens (including phenoxy) is 2. The van der Waals surface area contributed by atoms with Gasteiger partial charge in [0.1, 0.15) is 12.2 Å². The highest BCUT2D eigenvalue weighted by Crippen LogP contribution is 2.23. The number of carboxylic acids is 1. The first-order chi connectivity index (χ1) is 10.8. The molecule has 0 aliphatic carbocycles. The lowest BCUT2D eigenvalue weighted by molar-refractivity contribution is 0.0185. The number of carboxylic acid groups (broad SMARTS) is 1. The fraction of sp³-hybridized carbons (Fsp3) is 0.562. The highest BCUT2D eigenvalue weighted by molar-refractivity contribution is 5.88. The molecule has 1 fully saturated rings. The van der Waals surface area contributed by atoms with Crippen molar-refractivity contribution in [2.24, 2.45) is 0 Å². The van der Waals surface area contributed by atoms with Crippen LogP contribution in [-0.2, 0) is 4.74 Å². The lowest BCUT2D eigenvalue weighted by atomic mass is 10.2. The van der Waals surface area contributed by atoms with Crippen LogP contribution in [0.4, 0.5) is 4.79 Å². The summed E-state index contributed by atoms with van der Waals surface area (Å²) >= 11 is 0. The maximum absolute atomic E-state index is 12.2. The van der Waals surface area contributed by atoms with Crippen molar-refractivity contribution >= 4 is 12.1 Å². The highest BCUT2D eigenvalue weighted by Gasteiger charge is 2.32. The molecule has 1 saturated heterocycles. The van der Waals surface area contributed by atoms with Crippen LogP contribution in [0.5, 0.6) is 5.75 Å². The molecule has 7 heteroatoms. The molecule has 1 unspecified atom stereocenters. The zero-order chi connectivity index (χ0) is 17.0. The third-order valence-corrected chi connectivity index (χ3v) is 3.41. The topological polar surface area (TPSA) is 89.0 Å². The van der Waals surface area contributed by atoms with Gasteiger partial charge in [0, 0.05) is 12.7 Å². The van der Waals surface area contributed by atoms with Gasteiger partial charge in [-0.2, -0.15) is 0 Å². The van der Waals surface area contributed by atoms with Crippen molar-refractivity contribution in [2.75, 3.05) is 13.2 Å². The van der Waals surface area contributed by atoms with Crippen molar-refractivity contribution in [3.8, 4) is 5.75 Å². The van der Waals surface area contributed by atoms with Crippen molar-refractivity contribution in [1.29, 1.82) is 0 Å². The molecule has 1 aromatic rings. The molecule has 0 bridgehead atoms. The summed E-state index contributed by atoms with van der Waals surface area (Å²) in [5, 5.41) is 9.10. The molecule has 1 N–H and O–H groups in total. The van der Waals surface area contributed by atoms with Gasteiger partial charge in [0.15, 0.2) is 11.4 Å². The molecule has 0 radical (unpaired) electrons. The normalized spacial score (nSPS) is 17.9. The summed E-state index contributed by atoms with van der Waals surface area (Å²) in [7, 11) is 0. The monoisotopic (exact) mass is 322 g/mol. The van der Waals surface area contributed by atoms with Crippen LogP contribution in [0.15, 0.2) is 18.3 Å². The number of amides is 1. The summed E-state index contributed by atoms with van der Waals surface area (Å²) in [6.07, 6.45) is 2.70. The smallest absolute Gasteiger partial charge is 0.410 e. The Morgan fingerprint density at radius 2 is 2.17 bits per heavy atom. The summed E-state index contributed by atoms with van der Waals surface area (Å²) in [5.74, 6) is -0.938. The summed E-state index contributed by atoms with van der Waals surface area (Å²) in [6, 6.07) is 3.04. The highest BCUT2D eigenvalue weighted by atomic mass is 16.6. The van der Waals surface area contributed by atoms with E-state index in [-0.39, 0.29) is 30.2 Å². The lowest BCUT2D eigenvalue weighted by Crippen LogP contribution is -2.42. The number of hydrogen-bond acceptors (Lipinski definition) is 5. The Hall–Kier alpha value is -2.31. The Bertz CT molecular complexity index is 582. The number of hydrogen-bond donors (Lipinski definition) is 1. The number of aromatic nitrogens is 1. The summed E-state index contributed by atoms with van der Waals surface area (Å²) in [5.41, 5.74) is -0.681. The minimum atomic E-state index is -1.14. The maximum Gasteiger partial charge on any atom is 0.410 e. The summed E-state index contributed by atoms with van der Waals surface area (Å²) in [6.45, 7) is 6.29. The van der Waals surface area contributed by atoms with E-state index in [0.717, 1.165) is 12.8 Å². The molecule has 2 rings (SSSR count). The van der Waals surface area contributed by atoms with E-state index >= 15 is 0 Å². The van der Waals surface area contributed by atoms with Gasteiger partial charge in [-0.3, -0.25) is 0 Å². The van der Waals surface area contributed by atoms with E-state index in [1.807, 2.05) is 20.8 Å². The molecule has 1 aliphatic rings. The second kappa shape index (κ2) is 6.85. The molecule has 7 nitrogen and oxygen atoms in total. The van der Waals surface area contributed by atoms with Gasteiger partial charge in [-0.15, -0.1) is 0 Å². The molecule has 0 spiro atoms. The van der Waals surface area contributed by atoms with E-state index in [0.29, 0.717) is 6.54 Å². The van der Waals surface area contributed by atoms with Gasteiger partial charge in [0.25, 0.3) is 0 Å². The minimum absolute atomic E-state index is 0.130. The molecule has 1 aliphatic heterocycles. The third-order valence-electron chi connectivity index (χ3n) is 3.41. The second-order valence-corrected chi connectivity index (χ2v) is 6.44. The average Bonchev–Trinajstić information content (AvgIpc) is 2.92. The minimum Gasteiger partial charge on any atom is -0.489 e. The summed E-state index contributed by atoms with van der Waals surface area (Å²) in [4.78, 5) is 28.8. The standard InChI is InChI=1S/C16H22N2O5/c1-16(2,3)23-15(21)18-9-5-6-11(18)10-22-12-7-4-8-17-13(12)14(19)20/h4,7-8,11H,5-6,9-10H2,1-3H3,(H,19,20). The van der Waals surface area contributed by atoms with Gasteiger partial charge >= 0.3 is 12.1 Å². The van der Waals surface area contributed by atoms with E-state index in [2.05, 4.69) is 4.98 Å². The number of aromatic carboxylic acids is 1. The van der Waals surface area contributed by atoms with Crippen molar-refractivity contribution in [1.82, 2.24) is 9.88 Å². The van der Waals surface area contributed by atoms with Gasteiger partial charge in [-0.1, -0.05) is 0 Å². The van der Waals surface area contributed by atoms with Crippen molar-refractivity contribution in [3.05, 3.63) is 24.0 Å². The van der Waals surface area contributed by atoms with Crippen LogP contribution in [0.1, 0.15) is 44.1 Å². The number of nitrogens with zero attached hydrogens (tertiary/aromatic N) is 2. The number of pyridine rings is 1. The molecule has 1 aromatic heterocycles. The molecule has 2 heterocycles. The van der Waals surface area contributed by atoms with E-state index < -0.39 is 11.6 Å². The predicted molar refractivity (Wildman–Crippen MR) is 82.7 cm³/mol. The van der Waals surface area contributed by atoms with E-state index in [1.54, 1.807) is 17.0 Å². The fourth-order valence-electron chi connectivity index (χ4n) is 2.42. The first-order valence-corrected chi connectivity index (χ1v) is 7.58. The summed E-state index contributed by atoms with van der Waals surface area (Å²) < 4.78 is 11.0. The zero-order valence-corrected chi connectivity index (χ0v) is 13.6. The molecular formula is C16H22N2O5. The largest absolute Gasteiger partial charge is 0.489 e. The molecule has 0 saturated carbocycles. The van der Waals surface area contributed by atoms with Crippen LogP contribution in [-0.4, -0.2) is 51.8 Å². The SMILES string of the molecule is CC(C)(C)OC(=O)N1CCCC1COc1cccnc1C(=O)O. The number of likely N-dealkylation sites (tertiary alicyclic amines) is 1. The fourth-order valence-corrected chi connectivity index (χ4v) is 2.42. The third kappa shape index (κ3) is 4.58. The number of rotatable bonds is 4. The van der Waals surface area contributed by atoms with Crippen LogP contribution in [0, 0.1) is 0 Å². The first-order valence-electron chi connectivity index (χ1n) is 7.58. The van der Waals surface area contributed by atoms with Gasteiger partial charge in [0.2, 0.25) is 0 Å². The Labute approximate surface area is 135 Å². The number of carbonyl (C=O) groups excluding carboxylic acids is 1. The Balaban J connectivity index is 2.00. The Kier molecular flexibility index (Phi) is 5.08. The predicted octanol–water partition coefficient (Wildman–Crippen LogP) is 2.56. The molecule has 0 aromatic carbocycles. The van der Waals surface area contributed by atoms with E-state index in [9.17, 15) is 9.59 Å². The zero-order valence-electron chi connectivity index (χ0n) is 13.6. The molecule has 1 atom stereocenters. The second-order valence-electron chi connectivity index (χ2n) is 6.44.